The molecule has 0 radical (unpaired) electrons. The Morgan fingerprint density at radius 2 is 1.93 bits per heavy atom. The van der Waals surface area contributed by atoms with E-state index in [9.17, 15) is 0 Å². The maximum atomic E-state index is 5.60. The monoisotopic (exact) mass is 265 g/mol. The number of halogens is 1. The third-order valence-electron chi connectivity index (χ3n) is 2.26. The van der Waals surface area contributed by atoms with E-state index >= 15 is 0 Å². The van der Waals surface area contributed by atoms with Crippen molar-refractivity contribution < 1.29 is 0 Å². The fraction of sp³-hybridized carbons (Fsp3) is 0.182. The van der Waals surface area contributed by atoms with E-state index in [1.165, 1.54) is 5.56 Å². The summed E-state index contributed by atoms with van der Waals surface area (Å²) < 4.78 is 3.01. The molecule has 0 atom stereocenters. The number of aromatic nitrogens is 2. The molecule has 0 saturated carbocycles. The maximum Gasteiger partial charge on any atom is 0.0663 e. The van der Waals surface area contributed by atoms with Crippen LogP contribution in [0, 0.1) is 0 Å². The van der Waals surface area contributed by atoms with Crippen LogP contribution in [0.15, 0.2) is 41.0 Å². The molecule has 1 heterocycles. The number of nitrogens with two attached hydrogens (primary N) is 1. The molecule has 0 saturated heterocycles. The quantitative estimate of drug-likeness (QED) is 0.925. The van der Waals surface area contributed by atoms with Crippen LogP contribution < -0.4 is 5.73 Å². The van der Waals surface area contributed by atoms with Crippen LogP contribution in [0.2, 0.25) is 0 Å². The minimum absolute atomic E-state index is 0.524. The van der Waals surface area contributed by atoms with Crippen molar-refractivity contribution in [1.82, 2.24) is 9.78 Å². The van der Waals surface area contributed by atoms with Crippen molar-refractivity contribution in [3.05, 3.63) is 52.3 Å². The molecule has 4 heteroatoms. The highest BCUT2D eigenvalue weighted by atomic mass is 79.9. The zero-order chi connectivity index (χ0) is 10.7. The summed E-state index contributed by atoms with van der Waals surface area (Å²) in [5, 5.41) is 4.23. The molecular formula is C11H12BrN3. The standard InChI is InChI=1S/C11H12BrN3/c12-10-3-1-9(2-4-10)8-15-11(7-13)5-6-14-15/h1-6H,7-8,13H2. The van der Waals surface area contributed by atoms with E-state index in [-0.39, 0.29) is 0 Å². The number of hydrogen-bond donors (Lipinski definition) is 1. The van der Waals surface area contributed by atoms with Gasteiger partial charge in [0.15, 0.2) is 0 Å². The lowest BCUT2D eigenvalue weighted by molar-refractivity contribution is 0.646. The lowest BCUT2D eigenvalue weighted by Crippen LogP contribution is -2.09. The van der Waals surface area contributed by atoms with Crippen LogP contribution >= 0.6 is 15.9 Å². The molecule has 0 fully saturated rings. The van der Waals surface area contributed by atoms with Gasteiger partial charge in [-0.2, -0.15) is 5.10 Å². The zero-order valence-corrected chi connectivity index (χ0v) is 9.81. The van der Waals surface area contributed by atoms with E-state index in [0.717, 1.165) is 16.7 Å². The number of nitrogens with zero attached hydrogens (tertiary/aromatic N) is 2. The minimum Gasteiger partial charge on any atom is -0.325 e. The van der Waals surface area contributed by atoms with Gasteiger partial charge in [-0.1, -0.05) is 28.1 Å². The molecule has 2 aromatic rings. The first-order chi connectivity index (χ1) is 7.29. The Bertz CT molecular complexity index is 433. The van der Waals surface area contributed by atoms with Crippen molar-refractivity contribution in [2.24, 2.45) is 5.73 Å². The molecule has 0 aliphatic rings. The van der Waals surface area contributed by atoms with Gasteiger partial charge in [0.25, 0.3) is 0 Å². The number of benzene rings is 1. The van der Waals surface area contributed by atoms with Gasteiger partial charge in [-0.25, -0.2) is 0 Å². The van der Waals surface area contributed by atoms with Crippen molar-refractivity contribution in [2.75, 3.05) is 0 Å². The zero-order valence-electron chi connectivity index (χ0n) is 8.23. The molecule has 2 rings (SSSR count). The highest BCUT2D eigenvalue weighted by Crippen LogP contribution is 2.12. The normalized spacial score (nSPS) is 10.5. The number of hydrogen-bond acceptors (Lipinski definition) is 2. The Hall–Kier alpha value is -1.13. The third kappa shape index (κ3) is 2.46. The average molecular weight is 266 g/mol. The van der Waals surface area contributed by atoms with Crippen molar-refractivity contribution in [3.63, 3.8) is 0 Å². The van der Waals surface area contributed by atoms with Crippen LogP contribution in [0.4, 0.5) is 0 Å². The summed E-state index contributed by atoms with van der Waals surface area (Å²) in [6.45, 7) is 1.29. The van der Waals surface area contributed by atoms with E-state index < -0.39 is 0 Å². The largest absolute Gasteiger partial charge is 0.325 e. The first-order valence-corrected chi connectivity index (χ1v) is 5.54. The molecule has 3 nitrogen and oxygen atoms in total. The molecule has 0 bridgehead atoms. The molecule has 78 valence electrons. The SMILES string of the molecule is NCc1ccnn1Cc1ccc(Br)cc1. The maximum absolute atomic E-state index is 5.60. The highest BCUT2D eigenvalue weighted by molar-refractivity contribution is 9.10. The van der Waals surface area contributed by atoms with Gasteiger partial charge in [-0.15, -0.1) is 0 Å². The van der Waals surface area contributed by atoms with Crippen LogP contribution in [0.25, 0.3) is 0 Å². The molecule has 15 heavy (non-hydrogen) atoms. The second kappa shape index (κ2) is 4.59. The summed E-state index contributed by atoms with van der Waals surface area (Å²) in [7, 11) is 0. The first kappa shape index (κ1) is 10.4. The fourth-order valence-corrected chi connectivity index (χ4v) is 1.70. The second-order valence-electron chi connectivity index (χ2n) is 3.31. The summed E-state index contributed by atoms with van der Waals surface area (Å²) in [6.07, 6.45) is 1.78. The Balaban J connectivity index is 2.18. The van der Waals surface area contributed by atoms with Gasteiger partial charge in [0, 0.05) is 17.2 Å². The van der Waals surface area contributed by atoms with Gasteiger partial charge in [-0.3, -0.25) is 4.68 Å². The van der Waals surface area contributed by atoms with Crippen molar-refractivity contribution >= 4 is 15.9 Å². The summed E-state index contributed by atoms with van der Waals surface area (Å²) in [5.41, 5.74) is 7.88. The van der Waals surface area contributed by atoms with Crippen LogP contribution in [0.1, 0.15) is 11.3 Å². The Morgan fingerprint density at radius 1 is 1.20 bits per heavy atom. The fourth-order valence-electron chi connectivity index (χ4n) is 1.44. The second-order valence-corrected chi connectivity index (χ2v) is 4.23. The molecule has 1 aromatic carbocycles. The Labute approximate surface area is 97.0 Å². The topological polar surface area (TPSA) is 43.8 Å². The molecule has 0 spiro atoms. The third-order valence-corrected chi connectivity index (χ3v) is 2.79. The predicted molar refractivity (Wildman–Crippen MR) is 63.4 cm³/mol. The van der Waals surface area contributed by atoms with E-state index in [4.69, 9.17) is 5.73 Å². The molecule has 0 amide bonds. The summed E-state index contributed by atoms with van der Waals surface area (Å²) in [4.78, 5) is 0. The molecule has 0 unspecified atom stereocenters. The lowest BCUT2D eigenvalue weighted by atomic mass is 10.2. The van der Waals surface area contributed by atoms with Crippen LogP contribution in [-0.4, -0.2) is 9.78 Å². The average Bonchev–Trinajstić information content (AvgIpc) is 2.69. The van der Waals surface area contributed by atoms with Gasteiger partial charge < -0.3 is 5.73 Å². The molecule has 0 aliphatic heterocycles. The molecule has 1 aromatic heterocycles. The molecule has 0 aliphatic carbocycles. The Morgan fingerprint density at radius 3 is 2.60 bits per heavy atom. The van der Waals surface area contributed by atoms with Gasteiger partial charge in [0.05, 0.1) is 12.2 Å². The van der Waals surface area contributed by atoms with E-state index in [1.54, 1.807) is 6.20 Å². The van der Waals surface area contributed by atoms with Crippen LogP contribution in [0.3, 0.4) is 0 Å². The van der Waals surface area contributed by atoms with E-state index in [0.29, 0.717) is 6.54 Å². The van der Waals surface area contributed by atoms with Gasteiger partial charge >= 0.3 is 0 Å². The van der Waals surface area contributed by atoms with Gasteiger partial charge in [0.1, 0.15) is 0 Å². The Kier molecular flexibility index (Phi) is 3.18. The van der Waals surface area contributed by atoms with E-state index in [2.05, 4.69) is 33.2 Å². The minimum atomic E-state index is 0.524. The van der Waals surface area contributed by atoms with Crippen LogP contribution in [-0.2, 0) is 13.1 Å². The van der Waals surface area contributed by atoms with Gasteiger partial charge in [0.2, 0.25) is 0 Å². The predicted octanol–water partition coefficient (Wildman–Crippen LogP) is 2.15. The number of rotatable bonds is 3. The molecule has 2 N–H and O–H groups in total. The van der Waals surface area contributed by atoms with Crippen molar-refractivity contribution in [3.8, 4) is 0 Å². The highest BCUT2D eigenvalue weighted by Gasteiger charge is 2.00. The molecular weight excluding hydrogens is 254 g/mol. The van der Waals surface area contributed by atoms with Crippen molar-refractivity contribution in [1.29, 1.82) is 0 Å². The summed E-state index contributed by atoms with van der Waals surface area (Å²) in [6, 6.07) is 10.2. The van der Waals surface area contributed by atoms with E-state index in [1.807, 2.05) is 22.9 Å². The van der Waals surface area contributed by atoms with Gasteiger partial charge in [-0.05, 0) is 23.8 Å². The summed E-state index contributed by atoms with van der Waals surface area (Å²) in [5.74, 6) is 0. The first-order valence-electron chi connectivity index (χ1n) is 4.75. The van der Waals surface area contributed by atoms with Crippen LogP contribution in [0.5, 0.6) is 0 Å². The van der Waals surface area contributed by atoms with Crippen molar-refractivity contribution in [2.45, 2.75) is 13.1 Å². The summed E-state index contributed by atoms with van der Waals surface area (Å²) >= 11 is 3.41. The lowest BCUT2D eigenvalue weighted by Gasteiger charge is -2.05. The smallest absolute Gasteiger partial charge is 0.0663 e.